The molecule has 2 aliphatic rings. The van der Waals surface area contributed by atoms with Crippen LogP contribution in [-0.4, -0.2) is 61.0 Å². The first-order valence-corrected chi connectivity index (χ1v) is 7.80. The molecule has 1 amide bonds. The van der Waals surface area contributed by atoms with Gasteiger partial charge in [-0.05, 0) is 30.7 Å². The number of rotatable bonds is 3. The Balaban J connectivity index is 1.52. The fourth-order valence-electron chi connectivity index (χ4n) is 3.22. The predicted octanol–water partition coefficient (Wildman–Crippen LogP) is 1.01. The average Bonchev–Trinajstić information content (AvgIpc) is 3.05. The molecule has 0 radical (unpaired) electrons. The van der Waals surface area contributed by atoms with Gasteiger partial charge in [-0.15, -0.1) is 0 Å². The van der Waals surface area contributed by atoms with E-state index in [0.29, 0.717) is 24.7 Å². The molecule has 2 saturated heterocycles. The first kappa shape index (κ1) is 15.4. The molecule has 2 fully saturated rings. The van der Waals surface area contributed by atoms with E-state index in [4.69, 9.17) is 0 Å². The number of nitrogens with zero attached hydrogens (tertiary/aromatic N) is 2. The molecule has 2 heterocycles. The lowest BCUT2D eigenvalue weighted by Gasteiger charge is -2.37. The highest BCUT2D eigenvalue weighted by Crippen LogP contribution is 2.14. The molecule has 6 heteroatoms. The van der Waals surface area contributed by atoms with E-state index in [1.807, 2.05) is 4.90 Å². The standard InChI is InChI=1S/C16H21F2N3O/c17-14-2-1-12(9-15(14)18)10-16(22)21-7-5-20(6-8-21)13-3-4-19-11-13/h1-2,9,13,19H,3-8,10-11H2. The van der Waals surface area contributed by atoms with E-state index in [9.17, 15) is 13.6 Å². The molecule has 1 atom stereocenters. The van der Waals surface area contributed by atoms with E-state index in [2.05, 4.69) is 10.2 Å². The van der Waals surface area contributed by atoms with E-state index in [0.717, 1.165) is 38.3 Å². The number of nitrogens with one attached hydrogen (secondary N) is 1. The average molecular weight is 309 g/mol. The van der Waals surface area contributed by atoms with Crippen LogP contribution in [0.2, 0.25) is 0 Å². The largest absolute Gasteiger partial charge is 0.340 e. The number of amides is 1. The van der Waals surface area contributed by atoms with Crippen molar-refractivity contribution in [2.75, 3.05) is 39.3 Å². The van der Waals surface area contributed by atoms with E-state index in [1.54, 1.807) is 0 Å². The second-order valence-electron chi connectivity index (χ2n) is 5.99. The second kappa shape index (κ2) is 6.71. The lowest BCUT2D eigenvalue weighted by Crippen LogP contribution is -2.52. The van der Waals surface area contributed by atoms with Gasteiger partial charge in [-0.1, -0.05) is 6.07 Å². The molecule has 22 heavy (non-hydrogen) atoms. The quantitative estimate of drug-likeness (QED) is 0.905. The molecule has 1 N–H and O–H groups in total. The van der Waals surface area contributed by atoms with Gasteiger partial charge in [0.05, 0.1) is 6.42 Å². The second-order valence-corrected chi connectivity index (χ2v) is 5.99. The zero-order valence-electron chi connectivity index (χ0n) is 12.5. The fraction of sp³-hybridized carbons (Fsp3) is 0.562. The third-order valence-corrected chi connectivity index (χ3v) is 4.56. The summed E-state index contributed by atoms with van der Waals surface area (Å²) in [5.41, 5.74) is 0.520. The van der Waals surface area contributed by atoms with Crippen LogP contribution in [0.1, 0.15) is 12.0 Å². The smallest absolute Gasteiger partial charge is 0.227 e. The summed E-state index contributed by atoms with van der Waals surface area (Å²) in [5, 5.41) is 3.36. The number of benzene rings is 1. The van der Waals surface area contributed by atoms with Gasteiger partial charge in [0.1, 0.15) is 0 Å². The number of halogens is 2. The molecule has 0 aromatic heterocycles. The lowest BCUT2D eigenvalue weighted by molar-refractivity contribution is -0.132. The summed E-state index contributed by atoms with van der Waals surface area (Å²) in [5.74, 6) is -1.80. The fourth-order valence-corrected chi connectivity index (χ4v) is 3.22. The lowest BCUT2D eigenvalue weighted by atomic mass is 10.1. The SMILES string of the molecule is O=C(Cc1ccc(F)c(F)c1)N1CCN(C2CCNC2)CC1. The van der Waals surface area contributed by atoms with Crippen LogP contribution >= 0.6 is 0 Å². The molecule has 1 aromatic carbocycles. The highest BCUT2D eigenvalue weighted by Gasteiger charge is 2.27. The maximum atomic E-state index is 13.2. The molecular formula is C16H21F2N3O. The summed E-state index contributed by atoms with van der Waals surface area (Å²) in [4.78, 5) is 16.5. The molecule has 120 valence electrons. The third-order valence-electron chi connectivity index (χ3n) is 4.56. The molecule has 1 aromatic rings. The van der Waals surface area contributed by atoms with Crippen LogP contribution in [0, 0.1) is 11.6 Å². The van der Waals surface area contributed by atoms with Crippen molar-refractivity contribution in [3.63, 3.8) is 0 Å². The Morgan fingerprint density at radius 3 is 2.59 bits per heavy atom. The summed E-state index contributed by atoms with van der Waals surface area (Å²) in [6.45, 7) is 5.28. The number of piperazine rings is 1. The Labute approximate surface area is 129 Å². The minimum absolute atomic E-state index is 0.0183. The summed E-state index contributed by atoms with van der Waals surface area (Å²) >= 11 is 0. The van der Waals surface area contributed by atoms with Crippen LogP contribution < -0.4 is 5.32 Å². The Kier molecular flexibility index (Phi) is 4.69. The van der Waals surface area contributed by atoms with Crippen LogP contribution in [0.5, 0.6) is 0 Å². The van der Waals surface area contributed by atoms with Crippen LogP contribution in [0.25, 0.3) is 0 Å². The maximum Gasteiger partial charge on any atom is 0.227 e. The normalized spacial score (nSPS) is 23.0. The van der Waals surface area contributed by atoms with Gasteiger partial charge in [-0.2, -0.15) is 0 Å². The van der Waals surface area contributed by atoms with Crippen molar-refractivity contribution in [1.29, 1.82) is 0 Å². The molecule has 0 spiro atoms. The van der Waals surface area contributed by atoms with Crippen molar-refractivity contribution in [2.45, 2.75) is 18.9 Å². The molecule has 0 aliphatic carbocycles. The number of carbonyl (C=O) groups excluding carboxylic acids is 1. The number of hydrogen-bond donors (Lipinski definition) is 1. The number of carbonyl (C=O) groups is 1. The maximum absolute atomic E-state index is 13.2. The summed E-state index contributed by atoms with van der Waals surface area (Å²) in [6, 6.07) is 4.23. The van der Waals surface area contributed by atoms with Gasteiger partial charge in [-0.3, -0.25) is 9.69 Å². The number of hydrogen-bond acceptors (Lipinski definition) is 3. The predicted molar refractivity (Wildman–Crippen MR) is 79.5 cm³/mol. The molecule has 2 aliphatic heterocycles. The van der Waals surface area contributed by atoms with Crippen molar-refractivity contribution in [3.8, 4) is 0 Å². The van der Waals surface area contributed by atoms with E-state index >= 15 is 0 Å². The van der Waals surface area contributed by atoms with Crippen molar-refractivity contribution in [1.82, 2.24) is 15.1 Å². The summed E-state index contributed by atoms with van der Waals surface area (Å²) < 4.78 is 26.1. The molecule has 1 unspecified atom stereocenters. The monoisotopic (exact) mass is 309 g/mol. The van der Waals surface area contributed by atoms with E-state index < -0.39 is 11.6 Å². The highest BCUT2D eigenvalue weighted by atomic mass is 19.2. The van der Waals surface area contributed by atoms with E-state index in [-0.39, 0.29) is 12.3 Å². The first-order chi connectivity index (χ1) is 10.6. The molecule has 0 bridgehead atoms. The summed E-state index contributed by atoms with van der Waals surface area (Å²) in [6.07, 6.45) is 1.30. The molecular weight excluding hydrogens is 288 g/mol. The third kappa shape index (κ3) is 3.44. The van der Waals surface area contributed by atoms with Crippen molar-refractivity contribution < 1.29 is 13.6 Å². The Bertz CT molecular complexity index is 538. The van der Waals surface area contributed by atoms with Gasteiger partial charge in [0.2, 0.25) is 5.91 Å². The topological polar surface area (TPSA) is 35.6 Å². The van der Waals surface area contributed by atoms with Gasteiger partial charge in [0, 0.05) is 38.8 Å². The Morgan fingerprint density at radius 1 is 1.18 bits per heavy atom. The van der Waals surface area contributed by atoms with Crippen LogP contribution in [0.15, 0.2) is 18.2 Å². The summed E-state index contributed by atoms with van der Waals surface area (Å²) in [7, 11) is 0. The molecule has 3 rings (SSSR count). The van der Waals surface area contributed by atoms with Gasteiger partial charge in [0.25, 0.3) is 0 Å². The zero-order chi connectivity index (χ0) is 15.5. The van der Waals surface area contributed by atoms with Crippen LogP contribution in [-0.2, 0) is 11.2 Å². The molecule has 0 saturated carbocycles. The van der Waals surface area contributed by atoms with Crippen molar-refractivity contribution in [3.05, 3.63) is 35.4 Å². The zero-order valence-corrected chi connectivity index (χ0v) is 12.5. The Hall–Kier alpha value is -1.53. The van der Waals surface area contributed by atoms with Gasteiger partial charge in [0.15, 0.2) is 11.6 Å². The molecule has 4 nitrogen and oxygen atoms in total. The first-order valence-electron chi connectivity index (χ1n) is 7.80. The van der Waals surface area contributed by atoms with Gasteiger partial charge < -0.3 is 10.2 Å². The van der Waals surface area contributed by atoms with Gasteiger partial charge in [-0.25, -0.2) is 8.78 Å². The Morgan fingerprint density at radius 2 is 1.95 bits per heavy atom. The van der Waals surface area contributed by atoms with Crippen LogP contribution in [0.4, 0.5) is 8.78 Å². The van der Waals surface area contributed by atoms with Crippen molar-refractivity contribution >= 4 is 5.91 Å². The van der Waals surface area contributed by atoms with Crippen molar-refractivity contribution in [2.24, 2.45) is 0 Å². The van der Waals surface area contributed by atoms with E-state index in [1.165, 1.54) is 12.5 Å². The highest BCUT2D eigenvalue weighted by molar-refractivity contribution is 5.78. The minimum atomic E-state index is -0.899. The van der Waals surface area contributed by atoms with Gasteiger partial charge >= 0.3 is 0 Å². The van der Waals surface area contributed by atoms with Crippen LogP contribution in [0.3, 0.4) is 0 Å². The minimum Gasteiger partial charge on any atom is -0.340 e.